The molecule has 0 aliphatic rings. The lowest BCUT2D eigenvalue weighted by atomic mass is 10.2. The third-order valence-corrected chi connectivity index (χ3v) is 5.75. The molecule has 2 N–H and O–H groups in total. The minimum Gasteiger partial charge on any atom is -0.497 e. The zero-order valence-electron chi connectivity index (χ0n) is 18.2. The number of nitrogens with one attached hydrogen (secondary N) is 1. The van der Waals surface area contributed by atoms with Crippen LogP contribution in [0.4, 0.5) is 11.5 Å². The molecular weight excluding hydrogens is 428 g/mol. The van der Waals surface area contributed by atoms with E-state index in [9.17, 15) is 9.90 Å². The summed E-state index contributed by atoms with van der Waals surface area (Å²) in [7, 11) is 5.06. The van der Waals surface area contributed by atoms with Crippen molar-refractivity contribution in [3.05, 3.63) is 66.0 Å². The molecular formula is C23H26N4O4S. The minimum absolute atomic E-state index is 0.00792. The minimum atomic E-state index is -0.260. The maximum absolute atomic E-state index is 13.0. The van der Waals surface area contributed by atoms with Crippen molar-refractivity contribution in [3.63, 3.8) is 0 Å². The van der Waals surface area contributed by atoms with Crippen LogP contribution in [0.15, 0.2) is 59.9 Å². The van der Waals surface area contributed by atoms with Crippen molar-refractivity contribution in [1.82, 2.24) is 9.97 Å². The molecule has 32 heavy (non-hydrogen) atoms. The van der Waals surface area contributed by atoms with Crippen LogP contribution >= 0.6 is 11.8 Å². The molecule has 9 heteroatoms. The molecule has 0 fully saturated rings. The summed E-state index contributed by atoms with van der Waals surface area (Å²) in [4.78, 5) is 23.5. The van der Waals surface area contributed by atoms with Gasteiger partial charge in [-0.3, -0.25) is 9.78 Å². The van der Waals surface area contributed by atoms with Crippen LogP contribution in [0.25, 0.3) is 0 Å². The zero-order valence-corrected chi connectivity index (χ0v) is 19.1. The van der Waals surface area contributed by atoms with Crippen molar-refractivity contribution in [2.45, 2.75) is 10.8 Å². The molecule has 0 unspecified atom stereocenters. The molecule has 0 spiro atoms. The van der Waals surface area contributed by atoms with Crippen molar-refractivity contribution >= 4 is 29.2 Å². The maximum atomic E-state index is 13.0. The number of ether oxygens (including phenoxy) is 2. The molecule has 3 rings (SSSR count). The van der Waals surface area contributed by atoms with Gasteiger partial charge in [-0.25, -0.2) is 4.98 Å². The van der Waals surface area contributed by atoms with E-state index in [0.717, 1.165) is 5.56 Å². The van der Waals surface area contributed by atoms with Gasteiger partial charge in [-0.05, 0) is 30.3 Å². The van der Waals surface area contributed by atoms with Gasteiger partial charge in [-0.1, -0.05) is 6.07 Å². The van der Waals surface area contributed by atoms with Gasteiger partial charge in [-0.2, -0.15) is 0 Å². The van der Waals surface area contributed by atoms with Gasteiger partial charge in [0, 0.05) is 49.1 Å². The number of hydrogen-bond acceptors (Lipinski definition) is 8. The quantitative estimate of drug-likeness (QED) is 0.450. The van der Waals surface area contributed by atoms with Crippen molar-refractivity contribution in [3.8, 4) is 11.5 Å². The smallest absolute Gasteiger partial charge is 0.258 e. The Morgan fingerprint density at radius 3 is 2.59 bits per heavy atom. The lowest BCUT2D eigenvalue weighted by Crippen LogP contribution is -2.23. The third-order valence-electron chi connectivity index (χ3n) is 4.71. The number of carbonyl (C=O) groups excluding carboxylic acids is 1. The number of likely N-dealkylation sites (N-methyl/N-ethyl adjacent to an activating group) is 1. The Hall–Kier alpha value is -3.30. The van der Waals surface area contributed by atoms with Gasteiger partial charge in [0.2, 0.25) is 0 Å². The summed E-state index contributed by atoms with van der Waals surface area (Å²) in [6, 6.07) is 12.6. The topological polar surface area (TPSA) is 96.8 Å². The fourth-order valence-electron chi connectivity index (χ4n) is 2.94. The summed E-state index contributed by atoms with van der Waals surface area (Å²) in [5.74, 6) is 2.36. The molecule has 1 aromatic carbocycles. The summed E-state index contributed by atoms with van der Waals surface area (Å²) in [5.41, 5.74) is 2.06. The molecule has 168 valence electrons. The number of anilines is 2. The van der Waals surface area contributed by atoms with Crippen molar-refractivity contribution in [2.75, 3.05) is 44.6 Å². The van der Waals surface area contributed by atoms with E-state index in [1.807, 2.05) is 30.1 Å². The number of aliphatic hydroxyl groups is 1. The highest BCUT2D eigenvalue weighted by Gasteiger charge is 2.17. The second kappa shape index (κ2) is 11.4. The fourth-order valence-corrected chi connectivity index (χ4v) is 3.95. The van der Waals surface area contributed by atoms with Gasteiger partial charge < -0.3 is 24.8 Å². The van der Waals surface area contributed by atoms with Gasteiger partial charge >= 0.3 is 0 Å². The highest BCUT2D eigenvalue weighted by Crippen LogP contribution is 2.32. The number of pyridine rings is 2. The summed E-state index contributed by atoms with van der Waals surface area (Å²) >= 11 is 1.44. The number of methoxy groups -OCH3 is 2. The number of amides is 1. The van der Waals surface area contributed by atoms with Gasteiger partial charge in [-0.15, -0.1) is 11.8 Å². The molecule has 1 amide bonds. The monoisotopic (exact) mass is 454 g/mol. The first-order valence-electron chi connectivity index (χ1n) is 9.93. The standard InChI is InChI=1S/C23H26N4O4S/c1-27(12-13-28)21-7-6-19(22(29)25-17-8-10-24-11-9-17)23(26-21)32-15-16-4-5-18(30-2)14-20(16)31-3/h4-11,14,28H,12-13,15H2,1-3H3,(H,24,25,29). The number of carbonyl (C=O) groups is 1. The number of aliphatic hydroxyl groups excluding tert-OH is 1. The molecule has 0 saturated carbocycles. The molecule has 0 radical (unpaired) electrons. The highest BCUT2D eigenvalue weighted by molar-refractivity contribution is 7.98. The van der Waals surface area contributed by atoms with E-state index in [4.69, 9.17) is 14.5 Å². The van der Waals surface area contributed by atoms with E-state index in [-0.39, 0.29) is 12.5 Å². The van der Waals surface area contributed by atoms with Crippen LogP contribution in [-0.2, 0) is 5.75 Å². The molecule has 0 saturated heterocycles. The summed E-state index contributed by atoms with van der Waals surface area (Å²) < 4.78 is 10.8. The maximum Gasteiger partial charge on any atom is 0.258 e. The molecule has 3 aromatic rings. The van der Waals surface area contributed by atoms with E-state index >= 15 is 0 Å². The van der Waals surface area contributed by atoms with Gasteiger partial charge in [0.1, 0.15) is 22.3 Å². The second-order valence-corrected chi connectivity index (χ2v) is 7.79. The van der Waals surface area contributed by atoms with Gasteiger partial charge in [0.05, 0.1) is 26.4 Å². The van der Waals surface area contributed by atoms with E-state index in [1.165, 1.54) is 11.8 Å². The Morgan fingerprint density at radius 1 is 1.12 bits per heavy atom. The van der Waals surface area contributed by atoms with Crippen LogP contribution < -0.4 is 19.7 Å². The third kappa shape index (κ3) is 5.89. The molecule has 8 nitrogen and oxygen atoms in total. The Balaban J connectivity index is 1.88. The Bertz CT molecular complexity index is 1050. The zero-order chi connectivity index (χ0) is 22.9. The van der Waals surface area contributed by atoms with E-state index in [2.05, 4.69) is 10.3 Å². The van der Waals surface area contributed by atoms with Crippen LogP contribution in [0.2, 0.25) is 0 Å². The SMILES string of the molecule is COc1ccc(CSc2nc(N(C)CCO)ccc2C(=O)Nc2ccncc2)c(OC)c1. The highest BCUT2D eigenvalue weighted by atomic mass is 32.2. The Morgan fingerprint density at radius 2 is 1.91 bits per heavy atom. The second-order valence-electron chi connectivity index (χ2n) is 6.82. The number of rotatable bonds is 10. The fraction of sp³-hybridized carbons (Fsp3) is 0.261. The summed E-state index contributed by atoms with van der Waals surface area (Å²) in [6.07, 6.45) is 3.23. The van der Waals surface area contributed by atoms with Gasteiger partial charge in [0.25, 0.3) is 5.91 Å². The van der Waals surface area contributed by atoms with E-state index in [0.29, 0.717) is 45.9 Å². The number of thioether (sulfide) groups is 1. The Kier molecular flexibility index (Phi) is 8.29. The van der Waals surface area contributed by atoms with Crippen molar-refractivity contribution in [1.29, 1.82) is 0 Å². The van der Waals surface area contributed by atoms with E-state index < -0.39 is 0 Å². The molecule has 2 aromatic heterocycles. The largest absolute Gasteiger partial charge is 0.497 e. The normalized spacial score (nSPS) is 10.5. The lowest BCUT2D eigenvalue weighted by molar-refractivity contribution is 0.102. The predicted molar refractivity (Wildman–Crippen MR) is 126 cm³/mol. The van der Waals surface area contributed by atoms with E-state index in [1.54, 1.807) is 50.9 Å². The number of benzene rings is 1. The average Bonchev–Trinajstić information content (AvgIpc) is 2.83. The van der Waals surface area contributed by atoms with Crippen LogP contribution in [0, 0.1) is 0 Å². The first kappa shape index (κ1) is 23.4. The first-order chi connectivity index (χ1) is 15.5. The number of hydrogen-bond donors (Lipinski definition) is 2. The van der Waals surface area contributed by atoms with Gasteiger partial charge in [0.15, 0.2) is 0 Å². The number of nitrogens with zero attached hydrogens (tertiary/aromatic N) is 3. The van der Waals surface area contributed by atoms with Crippen LogP contribution in [0.1, 0.15) is 15.9 Å². The summed E-state index contributed by atoms with van der Waals surface area (Å²) in [6.45, 7) is 0.444. The molecule has 2 heterocycles. The van der Waals surface area contributed by atoms with Crippen LogP contribution in [-0.4, -0.2) is 55.4 Å². The number of aromatic nitrogens is 2. The lowest BCUT2D eigenvalue weighted by Gasteiger charge is -2.19. The van der Waals surface area contributed by atoms with Crippen molar-refractivity contribution in [2.24, 2.45) is 0 Å². The molecule has 0 aliphatic heterocycles. The molecule has 0 aliphatic carbocycles. The molecule has 0 atom stereocenters. The first-order valence-corrected chi connectivity index (χ1v) is 10.9. The predicted octanol–water partition coefficient (Wildman–Crippen LogP) is 3.47. The Labute approximate surface area is 191 Å². The van der Waals surface area contributed by atoms with Crippen molar-refractivity contribution < 1.29 is 19.4 Å². The summed E-state index contributed by atoms with van der Waals surface area (Å²) in [5, 5.41) is 12.7. The van der Waals surface area contributed by atoms with Crippen LogP contribution in [0.5, 0.6) is 11.5 Å². The molecule has 0 bridgehead atoms. The van der Waals surface area contributed by atoms with Crippen LogP contribution in [0.3, 0.4) is 0 Å². The average molecular weight is 455 g/mol.